The molecule has 23 heavy (non-hydrogen) atoms. The number of aromatic nitrogens is 2. The molecule has 1 amide bonds. The molecule has 0 spiro atoms. The number of nitrogens with one attached hydrogen (secondary N) is 2. The van der Waals surface area contributed by atoms with Crippen LogP contribution in [0.5, 0.6) is 0 Å². The molecule has 1 saturated heterocycles. The highest BCUT2D eigenvalue weighted by molar-refractivity contribution is 5.85. The number of benzene rings is 1. The fourth-order valence-corrected chi connectivity index (χ4v) is 2.96. The number of hydrogen-bond donors (Lipinski definition) is 2. The normalized spacial score (nSPS) is 18.7. The molecular weight excluding hydrogens is 312 g/mol. The van der Waals surface area contributed by atoms with E-state index in [1.807, 2.05) is 48.1 Å². The van der Waals surface area contributed by atoms with Crippen LogP contribution < -0.4 is 10.6 Å². The zero-order valence-corrected chi connectivity index (χ0v) is 14.1. The van der Waals surface area contributed by atoms with E-state index < -0.39 is 0 Å². The van der Waals surface area contributed by atoms with E-state index in [1.54, 1.807) is 6.20 Å². The third-order valence-corrected chi connectivity index (χ3v) is 4.18. The number of hydrogen-bond acceptors (Lipinski definition) is 3. The lowest BCUT2D eigenvalue weighted by Gasteiger charge is -2.25. The van der Waals surface area contributed by atoms with Crippen molar-refractivity contribution in [3.05, 3.63) is 48.3 Å². The van der Waals surface area contributed by atoms with Crippen LogP contribution >= 0.6 is 12.4 Å². The van der Waals surface area contributed by atoms with E-state index in [1.165, 1.54) is 0 Å². The Balaban J connectivity index is 0.00000192. The maximum absolute atomic E-state index is 12.4. The van der Waals surface area contributed by atoms with Gasteiger partial charge in [0.2, 0.25) is 5.91 Å². The molecule has 5 nitrogen and oxygen atoms in total. The summed E-state index contributed by atoms with van der Waals surface area (Å²) in [5.41, 5.74) is 2.07. The minimum Gasteiger partial charge on any atom is -0.349 e. The molecule has 0 aliphatic carbocycles. The summed E-state index contributed by atoms with van der Waals surface area (Å²) in [4.78, 5) is 12.4. The molecular formula is C17H23ClN4O. The van der Waals surface area contributed by atoms with Gasteiger partial charge in [-0.15, -0.1) is 12.4 Å². The lowest BCUT2D eigenvalue weighted by Crippen LogP contribution is -2.41. The summed E-state index contributed by atoms with van der Waals surface area (Å²) in [6.45, 7) is 3.82. The smallest absolute Gasteiger partial charge is 0.224 e. The second-order valence-corrected chi connectivity index (χ2v) is 5.78. The summed E-state index contributed by atoms with van der Waals surface area (Å²) in [6, 6.07) is 9.89. The number of para-hydroxylation sites is 1. The second-order valence-electron chi connectivity index (χ2n) is 5.78. The molecule has 0 bridgehead atoms. The number of piperidine rings is 1. The van der Waals surface area contributed by atoms with Crippen molar-refractivity contribution in [1.29, 1.82) is 0 Å². The first-order valence-electron chi connectivity index (χ1n) is 7.86. The van der Waals surface area contributed by atoms with Gasteiger partial charge < -0.3 is 10.6 Å². The molecule has 1 aromatic carbocycles. The molecule has 2 unspecified atom stereocenters. The SMILES string of the molecule is CC(NC(=O)C1CCCNC1)c1ccccc1-n1cccn1.Cl. The van der Waals surface area contributed by atoms with Crippen LogP contribution in [-0.2, 0) is 4.79 Å². The number of halogens is 1. The Bertz CT molecular complexity index is 623. The minimum atomic E-state index is -0.0465. The zero-order chi connectivity index (χ0) is 15.4. The van der Waals surface area contributed by atoms with E-state index in [9.17, 15) is 4.79 Å². The van der Waals surface area contributed by atoms with Gasteiger partial charge in [-0.25, -0.2) is 4.68 Å². The van der Waals surface area contributed by atoms with E-state index in [-0.39, 0.29) is 30.3 Å². The molecule has 1 aromatic heterocycles. The van der Waals surface area contributed by atoms with Gasteiger partial charge in [0.15, 0.2) is 0 Å². The van der Waals surface area contributed by atoms with Gasteiger partial charge in [0.05, 0.1) is 17.6 Å². The van der Waals surface area contributed by atoms with E-state index >= 15 is 0 Å². The van der Waals surface area contributed by atoms with Gasteiger partial charge in [-0.05, 0) is 44.0 Å². The molecule has 3 rings (SSSR count). The molecule has 1 fully saturated rings. The van der Waals surface area contributed by atoms with Crippen molar-refractivity contribution in [3.63, 3.8) is 0 Å². The molecule has 6 heteroatoms. The van der Waals surface area contributed by atoms with Crippen molar-refractivity contribution in [2.75, 3.05) is 13.1 Å². The van der Waals surface area contributed by atoms with E-state index in [4.69, 9.17) is 0 Å². The van der Waals surface area contributed by atoms with Crippen molar-refractivity contribution in [3.8, 4) is 5.69 Å². The van der Waals surface area contributed by atoms with Crippen LogP contribution in [0.1, 0.15) is 31.4 Å². The highest BCUT2D eigenvalue weighted by Gasteiger charge is 2.23. The molecule has 1 aliphatic rings. The molecule has 1 aliphatic heterocycles. The third-order valence-electron chi connectivity index (χ3n) is 4.18. The average molecular weight is 335 g/mol. The molecule has 2 aromatic rings. The highest BCUT2D eigenvalue weighted by atomic mass is 35.5. The van der Waals surface area contributed by atoms with Gasteiger partial charge >= 0.3 is 0 Å². The van der Waals surface area contributed by atoms with Gasteiger partial charge in [0, 0.05) is 18.9 Å². The lowest BCUT2D eigenvalue weighted by molar-refractivity contribution is -0.126. The fraction of sp³-hybridized carbons (Fsp3) is 0.412. The van der Waals surface area contributed by atoms with Crippen molar-refractivity contribution < 1.29 is 4.79 Å². The maximum Gasteiger partial charge on any atom is 0.224 e. The number of carbonyl (C=O) groups is 1. The van der Waals surface area contributed by atoms with Crippen LogP contribution in [0.15, 0.2) is 42.7 Å². The number of nitrogens with zero attached hydrogens (tertiary/aromatic N) is 2. The Kier molecular flexibility index (Phi) is 6.19. The largest absolute Gasteiger partial charge is 0.349 e. The molecule has 0 radical (unpaired) electrons. The summed E-state index contributed by atoms with van der Waals surface area (Å²) in [5, 5.41) is 10.7. The number of rotatable bonds is 4. The quantitative estimate of drug-likeness (QED) is 0.903. The van der Waals surface area contributed by atoms with E-state index in [0.717, 1.165) is 37.2 Å². The van der Waals surface area contributed by atoms with Crippen molar-refractivity contribution in [1.82, 2.24) is 20.4 Å². The van der Waals surface area contributed by atoms with E-state index in [2.05, 4.69) is 15.7 Å². The monoisotopic (exact) mass is 334 g/mol. The van der Waals surface area contributed by atoms with Gasteiger partial charge in [-0.3, -0.25) is 4.79 Å². The zero-order valence-electron chi connectivity index (χ0n) is 13.2. The fourth-order valence-electron chi connectivity index (χ4n) is 2.96. The molecule has 2 heterocycles. The van der Waals surface area contributed by atoms with Crippen LogP contribution in [0, 0.1) is 5.92 Å². The van der Waals surface area contributed by atoms with Crippen LogP contribution in [-0.4, -0.2) is 28.8 Å². The topological polar surface area (TPSA) is 59.0 Å². The standard InChI is InChI=1S/C17H22N4O.ClH/c1-13(20-17(22)14-6-4-9-18-12-14)15-7-2-3-8-16(15)21-11-5-10-19-21;/h2-3,5,7-8,10-11,13-14,18H,4,6,9,12H2,1H3,(H,20,22);1H. The Morgan fingerprint density at radius 1 is 1.39 bits per heavy atom. The summed E-state index contributed by atoms with van der Waals surface area (Å²) < 4.78 is 1.83. The maximum atomic E-state index is 12.4. The Labute approximate surface area is 142 Å². The molecule has 0 saturated carbocycles. The summed E-state index contributed by atoms with van der Waals surface area (Å²) in [5.74, 6) is 0.211. The van der Waals surface area contributed by atoms with Crippen LogP contribution in [0.25, 0.3) is 5.69 Å². The van der Waals surface area contributed by atoms with Gasteiger partial charge in [0.25, 0.3) is 0 Å². The average Bonchev–Trinajstić information content (AvgIpc) is 3.10. The summed E-state index contributed by atoms with van der Waals surface area (Å²) in [7, 11) is 0. The predicted octanol–water partition coefficient (Wildman–Crippen LogP) is 2.47. The first-order chi connectivity index (χ1) is 10.8. The van der Waals surface area contributed by atoms with Crippen LogP contribution in [0.3, 0.4) is 0 Å². The molecule has 124 valence electrons. The second kappa shape index (κ2) is 8.13. The van der Waals surface area contributed by atoms with Gasteiger partial charge in [-0.1, -0.05) is 18.2 Å². The predicted molar refractivity (Wildman–Crippen MR) is 93.0 cm³/mol. The number of carbonyl (C=O) groups excluding carboxylic acids is 1. The first-order valence-corrected chi connectivity index (χ1v) is 7.86. The Hall–Kier alpha value is -1.85. The van der Waals surface area contributed by atoms with Crippen molar-refractivity contribution in [2.24, 2.45) is 5.92 Å². The summed E-state index contributed by atoms with van der Waals surface area (Å²) in [6.07, 6.45) is 5.70. The van der Waals surface area contributed by atoms with Crippen molar-refractivity contribution in [2.45, 2.75) is 25.8 Å². The first kappa shape index (κ1) is 17.5. The van der Waals surface area contributed by atoms with Crippen molar-refractivity contribution >= 4 is 18.3 Å². The Morgan fingerprint density at radius 3 is 2.91 bits per heavy atom. The molecule has 2 atom stereocenters. The third kappa shape index (κ3) is 4.12. The van der Waals surface area contributed by atoms with E-state index in [0.29, 0.717) is 0 Å². The summed E-state index contributed by atoms with van der Waals surface area (Å²) >= 11 is 0. The Morgan fingerprint density at radius 2 is 2.22 bits per heavy atom. The minimum absolute atomic E-state index is 0. The molecule has 2 N–H and O–H groups in total. The highest BCUT2D eigenvalue weighted by Crippen LogP contribution is 2.22. The van der Waals surface area contributed by atoms with Gasteiger partial charge in [-0.2, -0.15) is 5.10 Å². The van der Waals surface area contributed by atoms with Crippen LogP contribution in [0.2, 0.25) is 0 Å². The number of amides is 1. The van der Waals surface area contributed by atoms with Crippen LogP contribution in [0.4, 0.5) is 0 Å². The lowest BCUT2D eigenvalue weighted by atomic mass is 9.97. The van der Waals surface area contributed by atoms with Gasteiger partial charge in [0.1, 0.15) is 0 Å².